The summed E-state index contributed by atoms with van der Waals surface area (Å²) in [6, 6.07) is 10.2. The number of hydrogen-bond donors (Lipinski definition) is 2. The van der Waals surface area contributed by atoms with Gasteiger partial charge in [-0.3, -0.25) is 0 Å². The Hall–Kier alpha value is -2.08. The molecule has 0 saturated heterocycles. The third-order valence-electron chi connectivity index (χ3n) is 3.31. The zero-order chi connectivity index (χ0) is 15.0. The van der Waals surface area contributed by atoms with Gasteiger partial charge in [-0.2, -0.15) is 0 Å². The summed E-state index contributed by atoms with van der Waals surface area (Å²) in [5.74, 6) is 0.125. The highest BCUT2D eigenvalue weighted by Crippen LogP contribution is 2.34. The molecule has 4 nitrogen and oxygen atoms in total. The van der Waals surface area contributed by atoms with Crippen LogP contribution in [-0.2, 0) is 0 Å². The molecule has 1 unspecified atom stereocenters. The molecule has 0 bridgehead atoms. The van der Waals surface area contributed by atoms with Crippen molar-refractivity contribution in [1.29, 1.82) is 0 Å². The highest BCUT2D eigenvalue weighted by molar-refractivity contribution is 9.09. The Kier molecular flexibility index (Phi) is 3.55. The van der Waals surface area contributed by atoms with Crippen LogP contribution in [-0.4, -0.2) is 17.1 Å². The van der Waals surface area contributed by atoms with Crippen molar-refractivity contribution < 1.29 is 9.13 Å². The van der Waals surface area contributed by atoms with Gasteiger partial charge >= 0.3 is 5.69 Å². The number of hydrogen-bond acceptors (Lipinski definition) is 2. The van der Waals surface area contributed by atoms with E-state index in [1.165, 1.54) is 13.2 Å². The van der Waals surface area contributed by atoms with Crippen molar-refractivity contribution in [1.82, 2.24) is 9.97 Å². The quantitative estimate of drug-likeness (QED) is 0.710. The second-order valence-corrected chi connectivity index (χ2v) is 5.55. The van der Waals surface area contributed by atoms with Crippen LogP contribution in [0.4, 0.5) is 4.39 Å². The SMILES string of the molecule is COc1ccc(C(Br)c2ccc3[nH]c(=O)[nH]c3c2)c(F)c1. The molecule has 0 aliphatic heterocycles. The van der Waals surface area contributed by atoms with Crippen LogP contribution in [0.2, 0.25) is 0 Å². The van der Waals surface area contributed by atoms with E-state index < -0.39 is 0 Å². The number of imidazole rings is 1. The maximum atomic E-state index is 14.1. The lowest BCUT2D eigenvalue weighted by Crippen LogP contribution is -1.99. The fraction of sp³-hybridized carbons (Fsp3) is 0.133. The number of nitrogens with one attached hydrogen (secondary N) is 2. The van der Waals surface area contributed by atoms with Gasteiger partial charge in [-0.25, -0.2) is 9.18 Å². The predicted molar refractivity (Wildman–Crippen MR) is 82.6 cm³/mol. The molecule has 3 aromatic rings. The summed E-state index contributed by atoms with van der Waals surface area (Å²) < 4.78 is 19.1. The first kappa shape index (κ1) is 13.9. The normalized spacial score (nSPS) is 12.5. The van der Waals surface area contributed by atoms with Gasteiger partial charge in [0, 0.05) is 11.6 Å². The average Bonchev–Trinajstić information content (AvgIpc) is 2.85. The third-order valence-corrected chi connectivity index (χ3v) is 4.34. The van der Waals surface area contributed by atoms with Crippen molar-refractivity contribution in [3.8, 4) is 5.75 Å². The number of methoxy groups -OCH3 is 1. The van der Waals surface area contributed by atoms with Crippen LogP contribution in [0, 0.1) is 5.82 Å². The van der Waals surface area contributed by atoms with E-state index >= 15 is 0 Å². The summed E-state index contributed by atoms with van der Waals surface area (Å²) in [5.41, 5.74) is 2.51. The van der Waals surface area contributed by atoms with E-state index in [9.17, 15) is 9.18 Å². The van der Waals surface area contributed by atoms with Crippen LogP contribution in [0.1, 0.15) is 16.0 Å². The monoisotopic (exact) mass is 350 g/mol. The van der Waals surface area contributed by atoms with Crippen LogP contribution in [0.3, 0.4) is 0 Å². The molecule has 1 heterocycles. The minimum atomic E-state index is -0.348. The summed E-state index contributed by atoms with van der Waals surface area (Å²) in [5, 5.41) is 0. The Labute approximate surface area is 128 Å². The molecule has 108 valence electrons. The number of ether oxygens (including phenoxy) is 1. The highest BCUT2D eigenvalue weighted by atomic mass is 79.9. The maximum Gasteiger partial charge on any atom is 0.323 e. The van der Waals surface area contributed by atoms with Crippen LogP contribution in [0.5, 0.6) is 5.75 Å². The first-order chi connectivity index (χ1) is 10.1. The molecule has 0 radical (unpaired) electrons. The van der Waals surface area contributed by atoms with Gasteiger partial charge in [-0.05, 0) is 23.8 Å². The Morgan fingerprint density at radius 3 is 2.62 bits per heavy atom. The first-order valence-electron chi connectivity index (χ1n) is 6.28. The summed E-state index contributed by atoms with van der Waals surface area (Å²) in [7, 11) is 1.50. The van der Waals surface area contributed by atoms with Crippen molar-refractivity contribution in [2.24, 2.45) is 0 Å². The lowest BCUT2D eigenvalue weighted by Gasteiger charge is -2.12. The summed E-state index contributed by atoms with van der Waals surface area (Å²) >= 11 is 3.50. The van der Waals surface area contributed by atoms with Crippen LogP contribution in [0.25, 0.3) is 11.0 Å². The smallest absolute Gasteiger partial charge is 0.323 e. The number of H-pyrrole nitrogens is 2. The maximum absolute atomic E-state index is 14.1. The lowest BCUT2D eigenvalue weighted by molar-refractivity contribution is 0.411. The molecule has 3 rings (SSSR count). The molecule has 0 saturated carbocycles. The van der Waals surface area contributed by atoms with Crippen molar-refractivity contribution in [3.63, 3.8) is 0 Å². The summed E-state index contributed by atoms with van der Waals surface area (Å²) in [6.07, 6.45) is 0. The molecular weight excluding hydrogens is 339 g/mol. The van der Waals surface area contributed by atoms with E-state index in [0.717, 1.165) is 11.1 Å². The van der Waals surface area contributed by atoms with Gasteiger partial charge in [0.1, 0.15) is 11.6 Å². The van der Waals surface area contributed by atoms with E-state index in [2.05, 4.69) is 25.9 Å². The van der Waals surface area contributed by atoms with Gasteiger partial charge in [0.15, 0.2) is 0 Å². The fourth-order valence-corrected chi connectivity index (χ4v) is 2.88. The zero-order valence-electron chi connectivity index (χ0n) is 11.1. The Morgan fingerprint density at radius 1 is 1.14 bits per heavy atom. The number of halogens is 2. The number of aromatic amines is 2. The van der Waals surface area contributed by atoms with Crippen molar-refractivity contribution in [2.75, 3.05) is 7.11 Å². The third kappa shape index (κ3) is 2.58. The minimum Gasteiger partial charge on any atom is -0.497 e. The Balaban J connectivity index is 2.02. The second-order valence-electron chi connectivity index (χ2n) is 4.63. The lowest BCUT2D eigenvalue weighted by atomic mass is 10.0. The van der Waals surface area contributed by atoms with Gasteiger partial charge in [0.05, 0.1) is 23.0 Å². The number of benzene rings is 2. The molecule has 0 aliphatic rings. The second kappa shape index (κ2) is 5.37. The molecule has 0 amide bonds. The van der Waals surface area contributed by atoms with E-state index in [1.54, 1.807) is 18.2 Å². The molecule has 0 fully saturated rings. The fourth-order valence-electron chi connectivity index (χ4n) is 2.23. The topological polar surface area (TPSA) is 57.9 Å². The van der Waals surface area contributed by atoms with Crippen LogP contribution >= 0.6 is 15.9 Å². The van der Waals surface area contributed by atoms with Gasteiger partial charge in [0.2, 0.25) is 0 Å². The number of fused-ring (bicyclic) bond motifs is 1. The molecular formula is C15H12BrFN2O2. The van der Waals surface area contributed by atoms with Crippen molar-refractivity contribution in [3.05, 3.63) is 63.8 Å². The van der Waals surface area contributed by atoms with Crippen LogP contribution in [0.15, 0.2) is 41.2 Å². The molecule has 6 heteroatoms. The van der Waals surface area contributed by atoms with E-state index in [-0.39, 0.29) is 16.3 Å². The molecule has 0 aliphatic carbocycles. The van der Waals surface area contributed by atoms with Gasteiger partial charge < -0.3 is 14.7 Å². The number of rotatable bonds is 3. The largest absolute Gasteiger partial charge is 0.497 e. The predicted octanol–water partition coefficient (Wildman–Crippen LogP) is 3.49. The molecule has 1 atom stereocenters. The zero-order valence-corrected chi connectivity index (χ0v) is 12.7. The van der Waals surface area contributed by atoms with Crippen molar-refractivity contribution >= 4 is 27.0 Å². The first-order valence-corrected chi connectivity index (χ1v) is 7.19. The van der Waals surface area contributed by atoms with Crippen molar-refractivity contribution in [2.45, 2.75) is 4.83 Å². The standard InChI is InChI=1S/C15H12BrFN2O2/c1-21-9-3-4-10(11(17)7-9)14(16)8-2-5-12-13(6-8)19-15(20)18-12/h2-7,14H,1H3,(H2,18,19,20). The highest BCUT2D eigenvalue weighted by Gasteiger charge is 2.16. The average molecular weight is 351 g/mol. The van der Waals surface area contributed by atoms with E-state index in [1.807, 2.05) is 12.1 Å². The van der Waals surface area contributed by atoms with Gasteiger partial charge in [-0.1, -0.05) is 28.1 Å². The molecule has 2 aromatic carbocycles. The van der Waals surface area contributed by atoms with Gasteiger partial charge in [-0.15, -0.1) is 0 Å². The Morgan fingerprint density at radius 2 is 1.90 bits per heavy atom. The molecule has 0 spiro atoms. The van der Waals surface area contributed by atoms with Gasteiger partial charge in [0.25, 0.3) is 0 Å². The van der Waals surface area contributed by atoms with Crippen LogP contribution < -0.4 is 10.4 Å². The molecule has 2 N–H and O–H groups in total. The number of aromatic nitrogens is 2. The summed E-state index contributed by atoms with van der Waals surface area (Å²) in [4.78, 5) is 16.3. The van der Waals surface area contributed by atoms with E-state index in [0.29, 0.717) is 16.8 Å². The number of alkyl halides is 1. The van der Waals surface area contributed by atoms with E-state index in [4.69, 9.17) is 4.74 Å². The molecule has 1 aromatic heterocycles. The molecule has 21 heavy (non-hydrogen) atoms. The Bertz CT molecular complexity index is 856. The summed E-state index contributed by atoms with van der Waals surface area (Å²) in [6.45, 7) is 0. The minimum absolute atomic E-state index is 0.260.